The summed E-state index contributed by atoms with van der Waals surface area (Å²) in [6, 6.07) is 5.57. The van der Waals surface area contributed by atoms with E-state index in [-0.39, 0.29) is 10.6 Å². The van der Waals surface area contributed by atoms with Gasteiger partial charge in [0, 0.05) is 12.7 Å². The summed E-state index contributed by atoms with van der Waals surface area (Å²) in [5.41, 5.74) is -0.271. The fourth-order valence-electron chi connectivity index (χ4n) is 3.60. The summed E-state index contributed by atoms with van der Waals surface area (Å²) in [5, 5.41) is 0.548. The van der Waals surface area contributed by atoms with Crippen molar-refractivity contribution in [3.63, 3.8) is 0 Å². The Morgan fingerprint density at radius 1 is 0.872 bits per heavy atom. The molecule has 1 aromatic rings. The number of likely N-dealkylation sites (N-methyl/N-ethyl adjacent to an activating group) is 1. The number of rotatable bonds is 12. The van der Waals surface area contributed by atoms with E-state index >= 15 is 0 Å². The largest absolute Gasteiger partial charge is 0.525 e. The van der Waals surface area contributed by atoms with Gasteiger partial charge in [0.1, 0.15) is 8.07 Å². The highest BCUT2D eigenvalue weighted by Gasteiger charge is 2.69. The Morgan fingerprint density at radius 3 is 1.67 bits per heavy atom. The zero-order chi connectivity index (χ0) is 30.8. The Labute approximate surface area is 231 Å². The molecule has 0 radical (unpaired) electrons. The van der Waals surface area contributed by atoms with Crippen LogP contribution in [0, 0.1) is 0 Å². The Hall–Kier alpha value is -1.14. The molecule has 1 unspecified atom stereocenters. The lowest BCUT2D eigenvalue weighted by atomic mass is 10.2. The first kappa shape index (κ1) is 35.9. The zero-order valence-electron chi connectivity index (χ0n) is 23.4. The average Bonchev–Trinajstić information content (AvgIpc) is 2.74. The van der Waals surface area contributed by atoms with Crippen LogP contribution in [0.15, 0.2) is 35.7 Å². The van der Waals surface area contributed by atoms with E-state index in [4.69, 9.17) is 12.3 Å². The minimum absolute atomic E-state index is 0.146. The van der Waals surface area contributed by atoms with Crippen LogP contribution in [0.5, 0.6) is 0 Å². The van der Waals surface area contributed by atoms with E-state index in [0.717, 1.165) is 7.05 Å². The molecule has 224 valence electrons. The number of halogens is 7. The maximum absolute atomic E-state index is 14.6. The molecule has 0 spiro atoms. The van der Waals surface area contributed by atoms with Crippen LogP contribution in [0.4, 0.5) is 36.4 Å². The van der Waals surface area contributed by atoms with Crippen molar-refractivity contribution in [2.45, 2.75) is 70.8 Å². The van der Waals surface area contributed by atoms with E-state index in [9.17, 15) is 35.5 Å². The summed E-state index contributed by atoms with van der Waals surface area (Å²) in [6.45, 7) is 19.9. The second-order valence-electron chi connectivity index (χ2n) is 10.2. The topological polar surface area (TPSA) is 57.2 Å². The summed E-state index contributed by atoms with van der Waals surface area (Å²) in [4.78, 5) is 13.2. The van der Waals surface area contributed by atoms with Crippen molar-refractivity contribution in [1.29, 1.82) is 0 Å². The molecule has 1 aromatic carbocycles. The van der Waals surface area contributed by atoms with E-state index in [0.29, 0.717) is 10.0 Å². The quantitative estimate of drug-likeness (QED) is 0.237. The number of hydrogen-bond donors (Lipinski definition) is 0. The molecule has 18 heteroatoms. The molecule has 1 amide bonds. The van der Waals surface area contributed by atoms with Crippen LogP contribution >= 0.6 is 0 Å². The van der Waals surface area contributed by atoms with Crippen molar-refractivity contribution >= 4 is 60.8 Å². The Bertz CT molecular complexity index is 997. The zero-order valence-corrected chi connectivity index (χ0v) is 28.8. The number of ether oxygens (including phenoxy) is 1. The van der Waals surface area contributed by atoms with Gasteiger partial charge in [-0.2, -0.15) is 17.6 Å². The first-order valence-electron chi connectivity index (χ1n) is 12.0. The fourth-order valence-corrected chi connectivity index (χ4v) is 21.4. The number of nitrogens with zero attached hydrogens (tertiary/aromatic N) is 1. The molecule has 6 nitrogen and oxygen atoms in total. The van der Waals surface area contributed by atoms with E-state index < -0.39 is 68.3 Å². The van der Waals surface area contributed by atoms with Gasteiger partial charge in [-0.25, -0.2) is 4.74 Å². The van der Waals surface area contributed by atoms with Gasteiger partial charge in [-0.15, -0.1) is 19.8 Å². The highest BCUT2D eigenvalue weighted by Crippen LogP contribution is 2.41. The lowest BCUT2D eigenvalue weighted by Crippen LogP contribution is -2.63. The van der Waals surface area contributed by atoms with Gasteiger partial charge >= 0.3 is 33.1 Å². The molecule has 1 atom stereocenters. The number of amides is 1. The smallest absolute Gasteiger partial charge is 0.417 e. The van der Waals surface area contributed by atoms with Gasteiger partial charge in [0.2, 0.25) is 0 Å². The Morgan fingerprint density at radius 2 is 1.31 bits per heavy atom. The van der Waals surface area contributed by atoms with Gasteiger partial charge in [-0.3, -0.25) is 4.79 Å². The van der Waals surface area contributed by atoms with Crippen LogP contribution in [0.3, 0.4) is 0 Å². The first-order chi connectivity index (χ1) is 17.4. The summed E-state index contributed by atoms with van der Waals surface area (Å²) >= 11 is 0. The van der Waals surface area contributed by atoms with Crippen molar-refractivity contribution < 1.29 is 52.6 Å². The number of carbonyl (C=O) groups is 1. The molecule has 0 bridgehead atoms. The SMILES string of the molecule is C=C([Si](O[SiH](C)C)(O[SiH](C)C)O[SiH](C)C)[Si](C)(C)c1cccc(N(C)C(=O)C(F)(OC(F)(F)F)C(F)(F)F)c1. The second kappa shape index (κ2) is 12.8. The number of anilines is 1. The number of alkyl halides is 7. The van der Waals surface area contributed by atoms with Crippen LogP contribution in [0.25, 0.3) is 0 Å². The van der Waals surface area contributed by atoms with Crippen LogP contribution in [-0.4, -0.2) is 75.3 Å². The van der Waals surface area contributed by atoms with E-state index in [1.165, 1.54) is 18.2 Å². The molecule has 0 saturated heterocycles. The molecule has 0 N–H and O–H groups in total. The molecule has 0 heterocycles. The third-order valence-corrected chi connectivity index (χ3v) is 21.6. The molecule has 0 aliphatic heterocycles. The lowest BCUT2D eigenvalue weighted by molar-refractivity contribution is -0.431. The van der Waals surface area contributed by atoms with E-state index in [2.05, 4.69) is 11.3 Å². The summed E-state index contributed by atoms with van der Waals surface area (Å²) < 4.78 is 114. The molecule has 39 heavy (non-hydrogen) atoms. The van der Waals surface area contributed by atoms with Gasteiger partial charge in [-0.05, 0) is 56.2 Å². The predicted octanol–water partition coefficient (Wildman–Crippen LogP) is 4.90. The van der Waals surface area contributed by atoms with Crippen LogP contribution in [0.2, 0.25) is 52.4 Å². The van der Waals surface area contributed by atoms with Crippen molar-refractivity contribution in [2.24, 2.45) is 0 Å². The third kappa shape index (κ3) is 8.92. The third-order valence-electron chi connectivity index (χ3n) is 5.45. The predicted molar refractivity (Wildman–Crippen MR) is 149 cm³/mol. The Kier molecular flexibility index (Phi) is 11.8. The second-order valence-corrected chi connectivity index (χ2v) is 26.0. The molecule has 0 aliphatic carbocycles. The van der Waals surface area contributed by atoms with Gasteiger partial charge in [0.05, 0.1) is 0 Å². The standard InChI is InChI=1S/C21H36F7NO5Si5/c1-15(39(32-35(3)4,33-36(5)6)34-37(7)8)38(9,10)17-13-11-12-16(14-17)29(2)18(30)19(22,20(23,24)25)31-21(26,27)28/h11-14,35-37H,1H2,2-10H3. The minimum Gasteiger partial charge on any atom is -0.417 e. The lowest BCUT2D eigenvalue weighted by Gasteiger charge is -2.41. The van der Waals surface area contributed by atoms with Crippen LogP contribution < -0.4 is 10.1 Å². The molecule has 0 fully saturated rings. The van der Waals surface area contributed by atoms with Crippen LogP contribution in [0.1, 0.15) is 0 Å². The van der Waals surface area contributed by atoms with Crippen molar-refractivity contribution in [1.82, 2.24) is 0 Å². The van der Waals surface area contributed by atoms with E-state index in [1.54, 1.807) is 6.07 Å². The van der Waals surface area contributed by atoms with Gasteiger partial charge in [-0.1, -0.05) is 30.4 Å². The molecule has 0 aliphatic rings. The maximum atomic E-state index is 14.6. The first-order valence-corrected chi connectivity index (χ1v) is 25.1. The number of carbonyl (C=O) groups excluding carboxylic acids is 1. The van der Waals surface area contributed by atoms with Gasteiger partial charge in [0.15, 0.2) is 27.1 Å². The number of benzene rings is 1. The molecule has 0 aromatic heterocycles. The van der Waals surface area contributed by atoms with Gasteiger partial charge < -0.3 is 17.2 Å². The normalized spacial score (nSPS) is 15.2. The summed E-state index contributed by atoms with van der Waals surface area (Å²) in [6.07, 6.45) is -12.4. The fraction of sp³-hybridized carbons (Fsp3) is 0.571. The van der Waals surface area contributed by atoms with E-state index in [1.807, 2.05) is 52.4 Å². The van der Waals surface area contributed by atoms with Crippen molar-refractivity contribution in [3.05, 3.63) is 35.7 Å². The van der Waals surface area contributed by atoms with Crippen LogP contribution in [-0.2, 0) is 21.9 Å². The van der Waals surface area contributed by atoms with Crippen molar-refractivity contribution in [2.75, 3.05) is 11.9 Å². The summed E-state index contributed by atoms with van der Waals surface area (Å²) in [7, 11) is -10.7. The minimum atomic E-state index is -6.30. The van der Waals surface area contributed by atoms with Gasteiger partial charge in [0.25, 0.3) is 0 Å². The summed E-state index contributed by atoms with van der Waals surface area (Å²) in [5.74, 6) is -8.22. The highest BCUT2D eigenvalue weighted by atomic mass is 28.5. The molecule has 1 rings (SSSR count). The Balaban J connectivity index is 3.61. The molecule has 0 saturated carbocycles. The maximum Gasteiger partial charge on any atom is 0.525 e. The monoisotopic (exact) mass is 655 g/mol. The molecular formula is C21H36F7NO5Si5. The molecular weight excluding hydrogens is 620 g/mol. The van der Waals surface area contributed by atoms with Crippen molar-refractivity contribution in [3.8, 4) is 0 Å². The number of hydrogen-bond acceptors (Lipinski definition) is 5. The average molecular weight is 656 g/mol. The highest BCUT2D eigenvalue weighted by molar-refractivity contribution is 7.09.